The first-order chi connectivity index (χ1) is 6.60. The molecule has 0 aromatic carbocycles. The highest BCUT2D eigenvalue weighted by molar-refractivity contribution is 9.08. The molecule has 14 heavy (non-hydrogen) atoms. The van der Waals surface area contributed by atoms with Crippen LogP contribution in [0.1, 0.15) is 28.2 Å². The molecule has 0 radical (unpaired) electrons. The summed E-state index contributed by atoms with van der Waals surface area (Å²) in [6, 6.07) is 1.33. The van der Waals surface area contributed by atoms with Crippen LogP contribution in [0.25, 0.3) is 0 Å². The molecule has 0 aliphatic carbocycles. The van der Waals surface area contributed by atoms with Crippen molar-refractivity contribution >= 4 is 27.9 Å². The molecular formula is C8H7BrF2N2O. The first-order valence-electron chi connectivity index (χ1n) is 3.68. The van der Waals surface area contributed by atoms with Gasteiger partial charge >= 0.3 is 0 Å². The van der Waals surface area contributed by atoms with Crippen molar-refractivity contribution in [2.75, 3.05) is 5.73 Å². The number of aromatic nitrogens is 1. The second kappa shape index (κ2) is 4.45. The summed E-state index contributed by atoms with van der Waals surface area (Å²) in [6.45, 7) is 0. The van der Waals surface area contributed by atoms with E-state index in [1.165, 1.54) is 6.07 Å². The topological polar surface area (TPSA) is 56.0 Å². The fourth-order valence-corrected chi connectivity index (χ4v) is 1.43. The molecule has 0 saturated heterocycles. The van der Waals surface area contributed by atoms with Gasteiger partial charge in [0.05, 0.1) is 5.69 Å². The van der Waals surface area contributed by atoms with E-state index < -0.39 is 12.1 Å². The van der Waals surface area contributed by atoms with Crippen molar-refractivity contribution < 1.29 is 13.6 Å². The van der Waals surface area contributed by atoms with Crippen LogP contribution in [0.15, 0.2) is 6.07 Å². The van der Waals surface area contributed by atoms with Crippen LogP contribution in [-0.4, -0.2) is 11.3 Å². The van der Waals surface area contributed by atoms with Crippen molar-refractivity contribution in [2.45, 2.75) is 11.8 Å². The lowest BCUT2D eigenvalue weighted by Crippen LogP contribution is -2.04. The van der Waals surface area contributed by atoms with Crippen molar-refractivity contribution in [3.8, 4) is 0 Å². The molecule has 76 valence electrons. The molecule has 1 rings (SSSR count). The molecule has 0 amide bonds. The molecule has 3 nitrogen and oxygen atoms in total. The second-order valence-corrected chi connectivity index (χ2v) is 3.12. The SMILES string of the molecule is Nc1cc(CBr)c(C=O)nc1C(F)F. The number of carbonyl (C=O) groups excluding carboxylic acids is 1. The van der Waals surface area contributed by atoms with Gasteiger partial charge in [-0.1, -0.05) is 15.9 Å². The molecule has 0 bridgehead atoms. The highest BCUT2D eigenvalue weighted by Gasteiger charge is 2.16. The lowest BCUT2D eigenvalue weighted by Gasteiger charge is -2.07. The van der Waals surface area contributed by atoms with Crippen LogP contribution >= 0.6 is 15.9 Å². The first kappa shape index (κ1) is 11.0. The molecule has 0 aliphatic heterocycles. The fraction of sp³-hybridized carbons (Fsp3) is 0.250. The van der Waals surface area contributed by atoms with Crippen molar-refractivity contribution in [3.05, 3.63) is 23.0 Å². The molecule has 0 spiro atoms. The van der Waals surface area contributed by atoms with Gasteiger partial charge in [-0.2, -0.15) is 0 Å². The van der Waals surface area contributed by atoms with Gasteiger partial charge in [-0.15, -0.1) is 0 Å². The zero-order valence-corrected chi connectivity index (χ0v) is 8.59. The maximum atomic E-state index is 12.3. The molecule has 1 aromatic rings. The van der Waals surface area contributed by atoms with E-state index in [1.54, 1.807) is 0 Å². The lowest BCUT2D eigenvalue weighted by molar-refractivity contribution is 0.111. The number of rotatable bonds is 3. The number of aldehydes is 1. The minimum Gasteiger partial charge on any atom is -0.397 e. The summed E-state index contributed by atoms with van der Waals surface area (Å²) >= 11 is 3.10. The van der Waals surface area contributed by atoms with Gasteiger partial charge in [-0.25, -0.2) is 13.8 Å². The largest absolute Gasteiger partial charge is 0.397 e. The van der Waals surface area contributed by atoms with Crippen LogP contribution in [0.5, 0.6) is 0 Å². The van der Waals surface area contributed by atoms with Crippen molar-refractivity contribution in [2.24, 2.45) is 0 Å². The number of hydrogen-bond donors (Lipinski definition) is 1. The summed E-state index contributed by atoms with van der Waals surface area (Å²) in [6.07, 6.45) is -2.33. The molecule has 0 saturated carbocycles. The Kier molecular flexibility index (Phi) is 3.51. The summed E-state index contributed by atoms with van der Waals surface area (Å²) < 4.78 is 24.6. The van der Waals surface area contributed by atoms with Crippen LogP contribution < -0.4 is 5.73 Å². The number of anilines is 1. The maximum absolute atomic E-state index is 12.3. The Bertz CT molecular complexity index is 357. The first-order valence-corrected chi connectivity index (χ1v) is 4.81. The normalized spacial score (nSPS) is 10.6. The molecule has 1 aromatic heterocycles. The van der Waals surface area contributed by atoms with Crippen LogP contribution in [0.3, 0.4) is 0 Å². The third-order valence-corrected chi connectivity index (χ3v) is 2.26. The average Bonchev–Trinajstić information content (AvgIpc) is 2.16. The Hall–Kier alpha value is -1.04. The molecule has 6 heteroatoms. The highest BCUT2D eigenvalue weighted by atomic mass is 79.9. The summed E-state index contributed by atoms with van der Waals surface area (Å²) in [4.78, 5) is 14.0. The second-order valence-electron chi connectivity index (χ2n) is 2.56. The predicted molar refractivity (Wildman–Crippen MR) is 51.6 cm³/mol. The number of pyridine rings is 1. The van der Waals surface area contributed by atoms with Gasteiger partial charge in [0.2, 0.25) is 0 Å². The van der Waals surface area contributed by atoms with Crippen LogP contribution in [-0.2, 0) is 5.33 Å². The Balaban J connectivity index is 3.30. The molecule has 1 heterocycles. The summed E-state index contributed by atoms with van der Waals surface area (Å²) in [5, 5.41) is 0.349. The Morgan fingerprint density at radius 1 is 1.64 bits per heavy atom. The average molecular weight is 265 g/mol. The van der Waals surface area contributed by atoms with E-state index in [0.29, 0.717) is 17.2 Å². The summed E-state index contributed by atoms with van der Waals surface area (Å²) in [7, 11) is 0. The zero-order chi connectivity index (χ0) is 10.7. The number of nitrogens with two attached hydrogens (primary N) is 1. The Morgan fingerprint density at radius 3 is 2.71 bits per heavy atom. The minimum atomic E-state index is -2.77. The third-order valence-electron chi connectivity index (χ3n) is 1.66. The summed E-state index contributed by atoms with van der Waals surface area (Å²) in [5.41, 5.74) is 5.19. The molecule has 0 fully saturated rings. The van der Waals surface area contributed by atoms with Crippen molar-refractivity contribution in [3.63, 3.8) is 0 Å². The number of halogens is 3. The zero-order valence-electron chi connectivity index (χ0n) is 7.01. The Labute approximate surface area is 87.4 Å². The van der Waals surface area contributed by atoms with Gasteiger partial charge in [0.15, 0.2) is 6.29 Å². The van der Waals surface area contributed by atoms with Crippen LogP contribution in [0.4, 0.5) is 14.5 Å². The fourth-order valence-electron chi connectivity index (χ4n) is 0.986. The number of alkyl halides is 3. The van der Waals surface area contributed by atoms with Gasteiger partial charge in [0.25, 0.3) is 6.43 Å². The van der Waals surface area contributed by atoms with E-state index in [-0.39, 0.29) is 11.4 Å². The van der Waals surface area contributed by atoms with E-state index in [0.717, 1.165) is 0 Å². The predicted octanol–water partition coefficient (Wildman–Crippen LogP) is 2.31. The third kappa shape index (κ3) is 2.06. The van der Waals surface area contributed by atoms with E-state index in [2.05, 4.69) is 20.9 Å². The van der Waals surface area contributed by atoms with E-state index in [9.17, 15) is 13.6 Å². The van der Waals surface area contributed by atoms with E-state index in [1.807, 2.05) is 0 Å². The summed E-state index contributed by atoms with van der Waals surface area (Å²) in [5.74, 6) is 0. The number of hydrogen-bond acceptors (Lipinski definition) is 3. The van der Waals surface area contributed by atoms with Crippen LogP contribution in [0.2, 0.25) is 0 Å². The van der Waals surface area contributed by atoms with Crippen molar-refractivity contribution in [1.29, 1.82) is 0 Å². The maximum Gasteiger partial charge on any atom is 0.282 e. The highest BCUT2D eigenvalue weighted by Crippen LogP contribution is 2.25. The van der Waals surface area contributed by atoms with E-state index >= 15 is 0 Å². The molecular weight excluding hydrogens is 258 g/mol. The number of nitrogens with zero attached hydrogens (tertiary/aromatic N) is 1. The van der Waals surface area contributed by atoms with Gasteiger partial charge in [-0.3, -0.25) is 4.79 Å². The molecule has 0 unspecified atom stereocenters. The van der Waals surface area contributed by atoms with Gasteiger partial charge in [-0.05, 0) is 11.6 Å². The van der Waals surface area contributed by atoms with Gasteiger partial charge in [0.1, 0.15) is 11.4 Å². The van der Waals surface area contributed by atoms with Gasteiger partial charge in [0, 0.05) is 5.33 Å². The Morgan fingerprint density at radius 2 is 2.29 bits per heavy atom. The van der Waals surface area contributed by atoms with E-state index in [4.69, 9.17) is 5.73 Å². The van der Waals surface area contributed by atoms with Crippen molar-refractivity contribution in [1.82, 2.24) is 4.98 Å². The quantitative estimate of drug-likeness (QED) is 0.674. The monoisotopic (exact) mass is 264 g/mol. The smallest absolute Gasteiger partial charge is 0.282 e. The molecule has 2 N–H and O–H groups in total. The molecule has 0 aliphatic rings. The number of nitrogen functional groups attached to an aromatic ring is 1. The molecule has 0 atom stereocenters. The van der Waals surface area contributed by atoms with Crippen LogP contribution in [0, 0.1) is 0 Å². The standard InChI is InChI=1S/C8H7BrF2N2O/c9-2-4-1-5(12)7(8(10)11)13-6(4)3-14/h1,3,8H,2,12H2. The lowest BCUT2D eigenvalue weighted by atomic mass is 10.2. The minimum absolute atomic E-state index is 0.00799. The van der Waals surface area contributed by atoms with Gasteiger partial charge < -0.3 is 5.73 Å². The number of carbonyl (C=O) groups is 1.